The van der Waals surface area contributed by atoms with Crippen molar-refractivity contribution in [3.05, 3.63) is 90.0 Å². The van der Waals surface area contributed by atoms with Crippen LogP contribution in [0, 0.1) is 0 Å². The van der Waals surface area contributed by atoms with E-state index in [1.54, 1.807) is 23.1 Å². The monoisotopic (exact) mass is 468 g/mol. The van der Waals surface area contributed by atoms with E-state index in [1.165, 1.54) is 14.2 Å². The van der Waals surface area contributed by atoms with Crippen LogP contribution in [0.3, 0.4) is 0 Å². The number of nitrogens with zero attached hydrogens (tertiary/aromatic N) is 2. The lowest BCUT2D eigenvalue weighted by Crippen LogP contribution is -2.42. The summed E-state index contributed by atoms with van der Waals surface area (Å²) in [6, 6.07) is 24.0. The van der Waals surface area contributed by atoms with E-state index < -0.39 is 10.0 Å². The Morgan fingerprint density at radius 1 is 0.788 bits per heavy atom. The lowest BCUT2D eigenvalue weighted by Gasteiger charge is -2.28. The maximum Gasteiger partial charge on any atom is 0.243 e. The van der Waals surface area contributed by atoms with Crippen LogP contribution in [-0.2, 0) is 27.9 Å². The van der Waals surface area contributed by atoms with Crippen molar-refractivity contribution in [3.8, 4) is 11.5 Å². The normalized spacial score (nSPS) is 11.0. The van der Waals surface area contributed by atoms with Gasteiger partial charge in [0.25, 0.3) is 0 Å². The van der Waals surface area contributed by atoms with Crippen molar-refractivity contribution in [1.82, 2.24) is 4.90 Å². The van der Waals surface area contributed by atoms with Crippen LogP contribution < -0.4 is 13.8 Å². The molecule has 0 atom stereocenters. The number of sulfonamides is 1. The van der Waals surface area contributed by atoms with E-state index in [0.717, 1.165) is 21.7 Å². The third-order valence-corrected chi connectivity index (χ3v) is 6.26. The number of hydrogen-bond donors (Lipinski definition) is 0. The zero-order valence-electron chi connectivity index (χ0n) is 19.0. The van der Waals surface area contributed by atoms with Gasteiger partial charge in [-0.15, -0.1) is 0 Å². The number of methoxy groups -OCH3 is 2. The molecule has 0 bridgehead atoms. The van der Waals surface area contributed by atoms with E-state index >= 15 is 0 Å². The van der Waals surface area contributed by atoms with Crippen molar-refractivity contribution >= 4 is 21.6 Å². The van der Waals surface area contributed by atoms with E-state index in [1.807, 2.05) is 60.7 Å². The summed E-state index contributed by atoms with van der Waals surface area (Å²) in [6.07, 6.45) is 1.08. The van der Waals surface area contributed by atoms with Crippen molar-refractivity contribution in [2.75, 3.05) is 31.3 Å². The van der Waals surface area contributed by atoms with E-state index in [4.69, 9.17) is 9.47 Å². The van der Waals surface area contributed by atoms with Gasteiger partial charge >= 0.3 is 0 Å². The lowest BCUT2D eigenvalue weighted by atomic mass is 10.1. The zero-order valence-corrected chi connectivity index (χ0v) is 19.8. The number of ether oxygens (including phenoxy) is 2. The summed E-state index contributed by atoms with van der Waals surface area (Å²) in [5.74, 6) is 0.528. The Labute approximate surface area is 195 Å². The van der Waals surface area contributed by atoms with Crippen LogP contribution in [0.25, 0.3) is 0 Å². The Morgan fingerprint density at radius 3 is 1.76 bits per heavy atom. The maximum absolute atomic E-state index is 13.4. The van der Waals surface area contributed by atoms with Gasteiger partial charge in [0.2, 0.25) is 15.9 Å². The quantitative estimate of drug-likeness (QED) is 0.454. The Bertz CT molecular complexity index is 1130. The molecule has 3 rings (SSSR count). The molecule has 0 spiro atoms. The third kappa shape index (κ3) is 6.49. The van der Waals surface area contributed by atoms with Gasteiger partial charge in [0, 0.05) is 19.2 Å². The first-order chi connectivity index (χ1) is 15.8. The van der Waals surface area contributed by atoms with Gasteiger partial charge in [0.1, 0.15) is 6.54 Å². The fourth-order valence-electron chi connectivity index (χ4n) is 3.44. The zero-order chi connectivity index (χ0) is 23.8. The number of rotatable bonds is 10. The first-order valence-corrected chi connectivity index (χ1v) is 12.2. The number of amides is 1. The van der Waals surface area contributed by atoms with E-state index in [-0.39, 0.29) is 12.5 Å². The van der Waals surface area contributed by atoms with Gasteiger partial charge in [-0.1, -0.05) is 60.7 Å². The second-order valence-electron chi connectivity index (χ2n) is 7.53. The molecule has 0 fully saturated rings. The summed E-state index contributed by atoms with van der Waals surface area (Å²) in [4.78, 5) is 15.1. The number of hydrogen-bond acceptors (Lipinski definition) is 5. The molecule has 0 saturated carbocycles. The topological polar surface area (TPSA) is 76.2 Å². The molecule has 0 aromatic heterocycles. The van der Waals surface area contributed by atoms with E-state index in [0.29, 0.717) is 30.3 Å². The molecule has 0 aliphatic heterocycles. The highest BCUT2D eigenvalue weighted by Crippen LogP contribution is 2.32. The third-order valence-electron chi connectivity index (χ3n) is 5.12. The average molecular weight is 469 g/mol. The minimum atomic E-state index is -3.75. The summed E-state index contributed by atoms with van der Waals surface area (Å²) >= 11 is 0. The Morgan fingerprint density at radius 2 is 1.30 bits per heavy atom. The van der Waals surface area contributed by atoms with Gasteiger partial charge in [0.15, 0.2) is 11.5 Å². The first kappa shape index (κ1) is 24.1. The Hall–Kier alpha value is -3.52. The first-order valence-electron chi connectivity index (χ1n) is 10.4. The molecule has 0 aliphatic rings. The van der Waals surface area contributed by atoms with Crippen molar-refractivity contribution in [2.24, 2.45) is 0 Å². The molecule has 8 heteroatoms. The maximum atomic E-state index is 13.4. The summed E-state index contributed by atoms with van der Waals surface area (Å²) in [6.45, 7) is 0.379. The molecule has 0 aliphatic carbocycles. The van der Waals surface area contributed by atoms with Crippen molar-refractivity contribution in [1.29, 1.82) is 0 Å². The van der Waals surface area contributed by atoms with E-state index in [2.05, 4.69) is 0 Å². The highest BCUT2D eigenvalue weighted by atomic mass is 32.2. The Balaban J connectivity index is 1.91. The van der Waals surface area contributed by atoms with Crippen LogP contribution in [0.5, 0.6) is 11.5 Å². The smallest absolute Gasteiger partial charge is 0.243 e. The number of anilines is 1. The molecule has 1 amide bonds. The second-order valence-corrected chi connectivity index (χ2v) is 9.44. The van der Waals surface area contributed by atoms with Crippen molar-refractivity contribution in [2.45, 2.75) is 13.1 Å². The molecular formula is C25H28N2O5S. The minimum absolute atomic E-state index is 0.317. The van der Waals surface area contributed by atoms with Crippen LogP contribution >= 0.6 is 0 Å². The highest BCUT2D eigenvalue weighted by molar-refractivity contribution is 7.92. The fourth-order valence-corrected chi connectivity index (χ4v) is 4.28. The van der Waals surface area contributed by atoms with Gasteiger partial charge < -0.3 is 14.4 Å². The molecule has 0 heterocycles. The predicted molar refractivity (Wildman–Crippen MR) is 129 cm³/mol. The van der Waals surface area contributed by atoms with Gasteiger partial charge in [-0.3, -0.25) is 9.10 Å². The summed E-state index contributed by atoms with van der Waals surface area (Å²) in [5.41, 5.74) is 2.24. The van der Waals surface area contributed by atoms with Gasteiger partial charge in [-0.25, -0.2) is 8.42 Å². The van der Waals surface area contributed by atoms with Crippen LogP contribution in [0.4, 0.5) is 5.69 Å². The minimum Gasteiger partial charge on any atom is -0.493 e. The molecule has 0 radical (unpaired) electrons. The fraction of sp³-hybridized carbons (Fsp3) is 0.240. The number of carbonyl (C=O) groups is 1. The SMILES string of the molecule is COc1ccc(N(CC(=O)N(Cc2ccccc2)Cc2ccccc2)S(C)(=O)=O)cc1OC. The Kier molecular flexibility index (Phi) is 7.95. The summed E-state index contributed by atoms with van der Waals surface area (Å²) in [7, 11) is -0.776. The highest BCUT2D eigenvalue weighted by Gasteiger charge is 2.25. The van der Waals surface area contributed by atoms with Crippen LogP contribution in [-0.4, -0.2) is 46.2 Å². The standard InChI is InChI=1S/C25H28N2O5S/c1-31-23-15-14-22(16-24(23)32-2)27(33(3,29)30)19-25(28)26(17-20-10-6-4-7-11-20)18-21-12-8-5-9-13-21/h4-16H,17-19H2,1-3H3. The van der Waals surface area contributed by atoms with Gasteiger partial charge in [0.05, 0.1) is 26.2 Å². The van der Waals surface area contributed by atoms with Crippen LogP contribution in [0.1, 0.15) is 11.1 Å². The van der Waals surface area contributed by atoms with E-state index in [9.17, 15) is 13.2 Å². The number of carbonyl (C=O) groups excluding carboxylic acids is 1. The van der Waals surface area contributed by atoms with Crippen molar-refractivity contribution in [3.63, 3.8) is 0 Å². The predicted octanol–water partition coefficient (Wildman–Crippen LogP) is 3.70. The largest absolute Gasteiger partial charge is 0.493 e. The lowest BCUT2D eigenvalue weighted by molar-refractivity contribution is -0.130. The molecular weight excluding hydrogens is 440 g/mol. The van der Waals surface area contributed by atoms with Gasteiger partial charge in [-0.2, -0.15) is 0 Å². The van der Waals surface area contributed by atoms with Crippen molar-refractivity contribution < 1.29 is 22.7 Å². The van der Waals surface area contributed by atoms with Crippen LogP contribution in [0.15, 0.2) is 78.9 Å². The molecule has 7 nitrogen and oxygen atoms in total. The van der Waals surface area contributed by atoms with Gasteiger partial charge in [-0.05, 0) is 23.3 Å². The molecule has 3 aromatic rings. The summed E-state index contributed by atoms with van der Waals surface area (Å²) < 4.78 is 36.9. The molecule has 174 valence electrons. The average Bonchev–Trinajstić information content (AvgIpc) is 2.82. The molecule has 3 aromatic carbocycles. The molecule has 0 saturated heterocycles. The molecule has 33 heavy (non-hydrogen) atoms. The molecule has 0 N–H and O–H groups in total. The second kappa shape index (κ2) is 10.9. The number of benzene rings is 3. The van der Waals surface area contributed by atoms with Crippen LogP contribution in [0.2, 0.25) is 0 Å². The summed E-state index contributed by atoms with van der Waals surface area (Å²) in [5, 5.41) is 0. The molecule has 0 unspecified atom stereocenters.